The molecule has 8 nitrogen and oxygen atoms in total. The van der Waals surface area contributed by atoms with E-state index in [4.69, 9.17) is 0 Å². The molecule has 4 rings (SSSR count). The molecule has 1 spiro atoms. The van der Waals surface area contributed by atoms with Gasteiger partial charge < -0.3 is 15.1 Å². The third kappa shape index (κ3) is 4.44. The van der Waals surface area contributed by atoms with Gasteiger partial charge in [-0.25, -0.2) is 9.69 Å². The van der Waals surface area contributed by atoms with Gasteiger partial charge >= 0.3 is 6.03 Å². The molecule has 8 heteroatoms. The van der Waals surface area contributed by atoms with E-state index in [9.17, 15) is 19.2 Å². The molecular formula is C23H36N4O4. The Hall–Kier alpha value is -2.12. The van der Waals surface area contributed by atoms with Gasteiger partial charge in [0, 0.05) is 32.6 Å². The smallest absolute Gasteiger partial charge is 0.325 e. The van der Waals surface area contributed by atoms with Gasteiger partial charge in [0.1, 0.15) is 11.6 Å². The molecule has 1 N–H and O–H groups in total. The van der Waals surface area contributed by atoms with Gasteiger partial charge in [-0.2, -0.15) is 0 Å². The lowest BCUT2D eigenvalue weighted by Gasteiger charge is -2.37. The van der Waals surface area contributed by atoms with Crippen LogP contribution in [0.15, 0.2) is 0 Å². The van der Waals surface area contributed by atoms with Crippen molar-refractivity contribution in [2.24, 2.45) is 5.92 Å². The zero-order valence-electron chi connectivity index (χ0n) is 18.7. The summed E-state index contributed by atoms with van der Waals surface area (Å²) in [5.41, 5.74) is -0.797. The van der Waals surface area contributed by atoms with E-state index in [1.165, 1.54) is 32.1 Å². The van der Waals surface area contributed by atoms with E-state index in [2.05, 4.69) is 5.32 Å². The van der Waals surface area contributed by atoms with Crippen molar-refractivity contribution in [2.75, 3.05) is 26.2 Å². The fourth-order valence-electron chi connectivity index (χ4n) is 5.82. The van der Waals surface area contributed by atoms with E-state index in [1.807, 2.05) is 4.90 Å². The first-order valence-corrected chi connectivity index (χ1v) is 12.1. The first-order chi connectivity index (χ1) is 14.9. The Labute approximate surface area is 184 Å². The number of urea groups is 1. The second-order valence-corrected chi connectivity index (χ2v) is 9.82. The fourth-order valence-corrected chi connectivity index (χ4v) is 5.82. The van der Waals surface area contributed by atoms with Crippen LogP contribution in [-0.4, -0.2) is 76.2 Å². The van der Waals surface area contributed by atoms with E-state index in [0.29, 0.717) is 51.4 Å². The number of amides is 5. The van der Waals surface area contributed by atoms with Crippen molar-refractivity contribution < 1.29 is 19.2 Å². The maximum atomic E-state index is 13.0. The molecule has 2 heterocycles. The lowest BCUT2D eigenvalue weighted by Crippen LogP contribution is -2.56. The lowest BCUT2D eigenvalue weighted by molar-refractivity contribution is -0.145. The number of carbonyl (C=O) groups is 4. The quantitative estimate of drug-likeness (QED) is 0.675. The Morgan fingerprint density at radius 3 is 2.23 bits per heavy atom. The molecule has 172 valence electrons. The van der Waals surface area contributed by atoms with Crippen molar-refractivity contribution in [3.8, 4) is 0 Å². The second kappa shape index (κ2) is 9.17. The SMILES string of the molecule is CC(C(=O)N1CCN(C(=O)CCC2CCCCC2)CC1)N1C(=O)NC2(CCCC2)C1=O. The molecule has 4 fully saturated rings. The molecule has 0 bridgehead atoms. The predicted molar refractivity (Wildman–Crippen MR) is 115 cm³/mol. The van der Waals surface area contributed by atoms with Crippen molar-refractivity contribution in [1.29, 1.82) is 0 Å². The van der Waals surface area contributed by atoms with Crippen molar-refractivity contribution in [3.05, 3.63) is 0 Å². The molecule has 0 aromatic rings. The number of nitrogens with zero attached hydrogens (tertiary/aromatic N) is 3. The Morgan fingerprint density at radius 2 is 1.58 bits per heavy atom. The Kier molecular flexibility index (Phi) is 6.53. The van der Waals surface area contributed by atoms with Crippen LogP contribution in [0.25, 0.3) is 0 Å². The summed E-state index contributed by atoms with van der Waals surface area (Å²) in [6.07, 6.45) is 11.1. The Balaban J connectivity index is 1.26. The fraction of sp³-hybridized carbons (Fsp3) is 0.826. The van der Waals surface area contributed by atoms with Crippen LogP contribution in [0.3, 0.4) is 0 Å². The minimum atomic E-state index is -0.818. The second-order valence-electron chi connectivity index (χ2n) is 9.82. The monoisotopic (exact) mass is 432 g/mol. The zero-order valence-corrected chi connectivity index (χ0v) is 18.7. The maximum Gasteiger partial charge on any atom is 0.325 e. The number of nitrogens with one attached hydrogen (secondary N) is 1. The van der Waals surface area contributed by atoms with E-state index in [0.717, 1.165) is 24.2 Å². The van der Waals surface area contributed by atoms with Crippen LogP contribution in [-0.2, 0) is 14.4 Å². The van der Waals surface area contributed by atoms with Crippen LogP contribution in [0.4, 0.5) is 4.79 Å². The number of carbonyl (C=O) groups excluding carboxylic acids is 4. The summed E-state index contributed by atoms with van der Waals surface area (Å²) in [6.45, 7) is 3.58. The summed E-state index contributed by atoms with van der Waals surface area (Å²) in [5, 5.41) is 2.84. The third-order valence-electron chi connectivity index (χ3n) is 7.83. The minimum Gasteiger partial charge on any atom is -0.339 e. The standard InChI is InChI=1S/C23H36N4O4/c1-17(27-21(30)23(24-22(27)31)11-5-6-12-23)20(29)26-15-13-25(14-16-26)19(28)10-9-18-7-3-2-4-8-18/h17-18H,2-16H2,1H3,(H,24,31). The summed E-state index contributed by atoms with van der Waals surface area (Å²) in [7, 11) is 0. The molecule has 2 saturated heterocycles. The van der Waals surface area contributed by atoms with Gasteiger partial charge in [-0.15, -0.1) is 0 Å². The molecule has 0 aromatic heterocycles. The average Bonchev–Trinajstić information content (AvgIpc) is 3.36. The van der Waals surface area contributed by atoms with Crippen LogP contribution in [0.5, 0.6) is 0 Å². The molecule has 4 aliphatic rings. The zero-order chi connectivity index (χ0) is 22.0. The topological polar surface area (TPSA) is 90.0 Å². The molecule has 0 aromatic carbocycles. The molecule has 1 unspecified atom stereocenters. The maximum absolute atomic E-state index is 13.0. The van der Waals surface area contributed by atoms with Gasteiger partial charge in [0.15, 0.2) is 0 Å². The first kappa shape index (κ1) is 22.1. The molecule has 2 aliphatic heterocycles. The van der Waals surface area contributed by atoms with Crippen LogP contribution in [0, 0.1) is 5.92 Å². The number of piperazine rings is 1. The summed E-state index contributed by atoms with van der Waals surface area (Å²) < 4.78 is 0. The highest BCUT2D eigenvalue weighted by Gasteiger charge is 2.54. The average molecular weight is 433 g/mol. The Bertz CT molecular complexity index is 719. The van der Waals surface area contributed by atoms with Crippen molar-refractivity contribution in [2.45, 2.75) is 89.1 Å². The predicted octanol–water partition coefficient (Wildman–Crippen LogP) is 2.27. The first-order valence-electron chi connectivity index (χ1n) is 12.1. The molecule has 5 amide bonds. The third-order valence-corrected chi connectivity index (χ3v) is 7.83. The highest BCUT2D eigenvalue weighted by atomic mass is 16.2. The molecule has 1 atom stereocenters. The van der Waals surface area contributed by atoms with Crippen LogP contribution < -0.4 is 5.32 Å². The number of hydrogen-bond donors (Lipinski definition) is 1. The summed E-state index contributed by atoms with van der Waals surface area (Å²) >= 11 is 0. The largest absolute Gasteiger partial charge is 0.339 e. The van der Waals surface area contributed by atoms with Crippen LogP contribution >= 0.6 is 0 Å². The number of imide groups is 1. The van der Waals surface area contributed by atoms with Crippen LogP contribution in [0.2, 0.25) is 0 Å². The Morgan fingerprint density at radius 1 is 0.968 bits per heavy atom. The van der Waals surface area contributed by atoms with Gasteiger partial charge in [-0.05, 0) is 32.1 Å². The van der Waals surface area contributed by atoms with Crippen molar-refractivity contribution >= 4 is 23.8 Å². The number of rotatable bonds is 5. The number of hydrogen-bond acceptors (Lipinski definition) is 4. The molecular weight excluding hydrogens is 396 g/mol. The minimum absolute atomic E-state index is 0.183. The molecule has 31 heavy (non-hydrogen) atoms. The van der Waals surface area contributed by atoms with Gasteiger partial charge in [0.25, 0.3) is 5.91 Å². The summed E-state index contributed by atoms with van der Waals surface area (Å²) in [4.78, 5) is 55.7. The highest BCUT2D eigenvalue weighted by molar-refractivity contribution is 6.10. The van der Waals surface area contributed by atoms with E-state index in [1.54, 1.807) is 11.8 Å². The lowest BCUT2D eigenvalue weighted by atomic mass is 9.86. The van der Waals surface area contributed by atoms with E-state index < -0.39 is 17.6 Å². The van der Waals surface area contributed by atoms with Gasteiger partial charge in [0.2, 0.25) is 11.8 Å². The van der Waals surface area contributed by atoms with E-state index in [-0.39, 0.29) is 17.7 Å². The normalized spacial score (nSPS) is 25.3. The van der Waals surface area contributed by atoms with Crippen LogP contribution in [0.1, 0.15) is 77.6 Å². The van der Waals surface area contributed by atoms with Gasteiger partial charge in [-0.3, -0.25) is 14.4 Å². The summed E-state index contributed by atoms with van der Waals surface area (Å²) in [6, 6.07) is -1.27. The summed E-state index contributed by atoms with van der Waals surface area (Å²) in [5.74, 6) is 0.400. The molecule has 0 radical (unpaired) electrons. The van der Waals surface area contributed by atoms with Crippen molar-refractivity contribution in [1.82, 2.24) is 20.0 Å². The highest BCUT2D eigenvalue weighted by Crippen LogP contribution is 2.36. The van der Waals surface area contributed by atoms with E-state index >= 15 is 0 Å². The van der Waals surface area contributed by atoms with Gasteiger partial charge in [0.05, 0.1) is 0 Å². The molecule has 2 saturated carbocycles. The molecule has 2 aliphatic carbocycles. The van der Waals surface area contributed by atoms with Gasteiger partial charge in [-0.1, -0.05) is 44.9 Å². The van der Waals surface area contributed by atoms with Crippen molar-refractivity contribution in [3.63, 3.8) is 0 Å².